The van der Waals surface area contributed by atoms with Gasteiger partial charge in [0, 0.05) is 12.6 Å². The van der Waals surface area contributed by atoms with Gasteiger partial charge >= 0.3 is 0 Å². The molecule has 0 amide bonds. The van der Waals surface area contributed by atoms with Gasteiger partial charge < -0.3 is 5.32 Å². The molecule has 1 aliphatic carbocycles. The molecule has 1 fully saturated rings. The lowest BCUT2D eigenvalue weighted by Crippen LogP contribution is -2.16. The maximum Gasteiger partial charge on any atom is 0.126 e. The van der Waals surface area contributed by atoms with Crippen LogP contribution in [0.25, 0.3) is 0 Å². The van der Waals surface area contributed by atoms with E-state index in [2.05, 4.69) is 29.6 Å². The zero-order valence-corrected chi connectivity index (χ0v) is 11.9. The molecular formula is C18H19F2N. The fourth-order valence-electron chi connectivity index (χ4n) is 2.59. The SMILES string of the molecule is Fc1cc(F)cc(CCNCc2cccc(C3CC3)c2)c1. The summed E-state index contributed by atoms with van der Waals surface area (Å²) in [5, 5.41) is 3.33. The van der Waals surface area contributed by atoms with E-state index in [9.17, 15) is 8.78 Å². The van der Waals surface area contributed by atoms with Crippen molar-refractivity contribution in [3.63, 3.8) is 0 Å². The van der Waals surface area contributed by atoms with Gasteiger partial charge in [-0.25, -0.2) is 8.78 Å². The number of hydrogen-bond donors (Lipinski definition) is 1. The average molecular weight is 287 g/mol. The maximum atomic E-state index is 13.1. The van der Waals surface area contributed by atoms with Crippen LogP contribution >= 0.6 is 0 Å². The van der Waals surface area contributed by atoms with E-state index < -0.39 is 11.6 Å². The van der Waals surface area contributed by atoms with Crippen molar-refractivity contribution >= 4 is 0 Å². The minimum Gasteiger partial charge on any atom is -0.312 e. The van der Waals surface area contributed by atoms with Crippen LogP contribution in [0.5, 0.6) is 0 Å². The lowest BCUT2D eigenvalue weighted by molar-refractivity contribution is 0.577. The molecule has 0 spiro atoms. The predicted octanol–water partition coefficient (Wildman–Crippen LogP) is 4.17. The van der Waals surface area contributed by atoms with Gasteiger partial charge in [0.2, 0.25) is 0 Å². The van der Waals surface area contributed by atoms with E-state index in [1.807, 2.05) is 0 Å². The summed E-state index contributed by atoms with van der Waals surface area (Å²) >= 11 is 0. The summed E-state index contributed by atoms with van der Waals surface area (Å²) < 4.78 is 26.1. The Morgan fingerprint density at radius 2 is 1.71 bits per heavy atom. The van der Waals surface area contributed by atoms with Crippen LogP contribution in [-0.4, -0.2) is 6.54 Å². The molecule has 110 valence electrons. The molecule has 1 nitrogen and oxygen atoms in total. The fourth-order valence-corrected chi connectivity index (χ4v) is 2.59. The van der Waals surface area contributed by atoms with Crippen LogP contribution in [0.4, 0.5) is 8.78 Å². The summed E-state index contributed by atoms with van der Waals surface area (Å²) in [7, 11) is 0. The van der Waals surface area contributed by atoms with Crippen LogP contribution in [0.3, 0.4) is 0 Å². The van der Waals surface area contributed by atoms with Crippen LogP contribution < -0.4 is 5.32 Å². The summed E-state index contributed by atoms with van der Waals surface area (Å²) in [6.45, 7) is 1.49. The van der Waals surface area contributed by atoms with Crippen molar-refractivity contribution in [1.82, 2.24) is 5.32 Å². The van der Waals surface area contributed by atoms with E-state index in [4.69, 9.17) is 0 Å². The highest BCUT2D eigenvalue weighted by Crippen LogP contribution is 2.40. The Hall–Kier alpha value is -1.74. The molecule has 0 bridgehead atoms. The van der Waals surface area contributed by atoms with Gasteiger partial charge in [0.1, 0.15) is 11.6 Å². The largest absolute Gasteiger partial charge is 0.312 e. The molecule has 0 radical (unpaired) electrons. The highest BCUT2D eigenvalue weighted by molar-refractivity contribution is 5.29. The summed E-state index contributed by atoms with van der Waals surface area (Å²) in [5.74, 6) is -0.260. The first kappa shape index (κ1) is 14.2. The van der Waals surface area contributed by atoms with Crippen molar-refractivity contribution in [2.45, 2.75) is 31.7 Å². The van der Waals surface area contributed by atoms with Gasteiger partial charge in [0.05, 0.1) is 0 Å². The summed E-state index contributed by atoms with van der Waals surface area (Å²) in [6.07, 6.45) is 3.24. The monoisotopic (exact) mass is 287 g/mol. The zero-order valence-electron chi connectivity index (χ0n) is 11.9. The van der Waals surface area contributed by atoms with E-state index in [-0.39, 0.29) is 0 Å². The van der Waals surface area contributed by atoms with E-state index >= 15 is 0 Å². The van der Waals surface area contributed by atoms with Crippen LogP contribution in [-0.2, 0) is 13.0 Å². The van der Waals surface area contributed by atoms with Crippen LogP contribution in [0.15, 0.2) is 42.5 Å². The second-order valence-electron chi connectivity index (χ2n) is 5.72. The topological polar surface area (TPSA) is 12.0 Å². The number of halogens is 2. The summed E-state index contributed by atoms with van der Waals surface area (Å²) in [6, 6.07) is 12.3. The fraction of sp³-hybridized carbons (Fsp3) is 0.333. The van der Waals surface area contributed by atoms with Crippen molar-refractivity contribution in [3.8, 4) is 0 Å². The minimum absolute atomic E-state index is 0.512. The molecule has 0 heterocycles. The Labute approximate surface area is 124 Å². The number of hydrogen-bond acceptors (Lipinski definition) is 1. The third kappa shape index (κ3) is 4.11. The molecule has 21 heavy (non-hydrogen) atoms. The van der Waals surface area contributed by atoms with E-state index in [1.165, 1.54) is 36.1 Å². The first-order valence-corrected chi connectivity index (χ1v) is 7.45. The van der Waals surface area contributed by atoms with E-state index in [1.54, 1.807) is 0 Å². The van der Waals surface area contributed by atoms with Crippen molar-refractivity contribution < 1.29 is 8.78 Å². The number of rotatable bonds is 6. The Bertz CT molecular complexity index is 600. The predicted molar refractivity (Wildman–Crippen MR) is 80.2 cm³/mol. The third-order valence-corrected chi connectivity index (χ3v) is 3.84. The zero-order chi connectivity index (χ0) is 14.7. The second kappa shape index (κ2) is 6.35. The molecule has 1 N–H and O–H groups in total. The highest BCUT2D eigenvalue weighted by Gasteiger charge is 2.23. The number of nitrogens with one attached hydrogen (secondary N) is 1. The molecular weight excluding hydrogens is 268 g/mol. The smallest absolute Gasteiger partial charge is 0.126 e. The van der Waals surface area contributed by atoms with Crippen LogP contribution in [0, 0.1) is 11.6 Å². The van der Waals surface area contributed by atoms with E-state index in [0.717, 1.165) is 18.5 Å². The lowest BCUT2D eigenvalue weighted by atomic mass is 10.1. The minimum atomic E-state index is -0.512. The summed E-state index contributed by atoms with van der Waals surface area (Å²) in [5.41, 5.74) is 3.39. The van der Waals surface area contributed by atoms with Gasteiger partial charge in [-0.1, -0.05) is 24.3 Å². The van der Waals surface area contributed by atoms with Crippen molar-refractivity contribution in [2.75, 3.05) is 6.54 Å². The second-order valence-corrected chi connectivity index (χ2v) is 5.72. The molecule has 0 aliphatic heterocycles. The van der Waals surface area contributed by atoms with Crippen LogP contribution in [0.2, 0.25) is 0 Å². The molecule has 0 atom stereocenters. The maximum absolute atomic E-state index is 13.1. The lowest BCUT2D eigenvalue weighted by Gasteiger charge is -2.07. The first-order valence-electron chi connectivity index (χ1n) is 7.45. The van der Waals surface area contributed by atoms with Gasteiger partial charge in [0.15, 0.2) is 0 Å². The average Bonchev–Trinajstić information content (AvgIpc) is 3.27. The molecule has 0 unspecified atom stereocenters. The molecule has 2 aromatic rings. The molecule has 1 saturated carbocycles. The molecule has 2 aromatic carbocycles. The van der Waals surface area contributed by atoms with Gasteiger partial charge in [-0.3, -0.25) is 0 Å². The van der Waals surface area contributed by atoms with E-state index in [0.29, 0.717) is 18.5 Å². The van der Waals surface area contributed by atoms with Crippen molar-refractivity contribution in [2.24, 2.45) is 0 Å². The molecule has 0 saturated heterocycles. The molecule has 1 aliphatic rings. The van der Waals surface area contributed by atoms with Crippen LogP contribution in [0.1, 0.15) is 35.4 Å². The van der Waals surface area contributed by atoms with Crippen molar-refractivity contribution in [1.29, 1.82) is 0 Å². The Balaban J connectivity index is 1.48. The number of benzene rings is 2. The van der Waals surface area contributed by atoms with Gasteiger partial charge in [-0.15, -0.1) is 0 Å². The molecule has 3 rings (SSSR count). The van der Waals surface area contributed by atoms with Crippen molar-refractivity contribution in [3.05, 3.63) is 70.8 Å². The first-order chi connectivity index (χ1) is 10.2. The Kier molecular flexibility index (Phi) is 4.30. The Morgan fingerprint density at radius 1 is 0.952 bits per heavy atom. The molecule has 3 heteroatoms. The van der Waals surface area contributed by atoms with Gasteiger partial charge in [-0.2, -0.15) is 0 Å². The normalized spacial score (nSPS) is 14.4. The third-order valence-electron chi connectivity index (χ3n) is 3.84. The van der Waals surface area contributed by atoms with Gasteiger partial charge in [0.25, 0.3) is 0 Å². The highest BCUT2D eigenvalue weighted by atomic mass is 19.1. The Morgan fingerprint density at radius 3 is 2.43 bits per heavy atom. The summed E-state index contributed by atoms with van der Waals surface area (Å²) in [4.78, 5) is 0. The standard InChI is InChI=1S/C18H19F2N/c19-17-9-13(10-18(20)11-17)6-7-21-12-14-2-1-3-16(8-14)15-4-5-15/h1-3,8-11,15,21H,4-7,12H2. The quantitative estimate of drug-likeness (QED) is 0.786. The molecule has 0 aromatic heterocycles. The van der Waals surface area contributed by atoms with Gasteiger partial charge in [-0.05, 0) is 60.5 Å².